The molecular weight excluding hydrogens is 256 g/mol. The van der Waals surface area contributed by atoms with Gasteiger partial charge in [0.15, 0.2) is 0 Å². The fourth-order valence-corrected chi connectivity index (χ4v) is 1.76. The Morgan fingerprint density at radius 2 is 2.00 bits per heavy atom. The van der Waals surface area contributed by atoms with Gasteiger partial charge in [-0.15, -0.1) is 10.2 Å². The molecule has 0 saturated carbocycles. The standard InChI is InChI=1S/C9H12Cl3N3/c1-2-3-4-5-7-6-13-15-14-8(7)9(10,11)12/h6H,2-5H2,1H3. The van der Waals surface area contributed by atoms with E-state index in [-0.39, 0.29) is 0 Å². The minimum absolute atomic E-state index is 0.388. The molecule has 1 heterocycles. The first kappa shape index (κ1) is 12.9. The summed E-state index contributed by atoms with van der Waals surface area (Å²) in [5.41, 5.74) is 1.25. The van der Waals surface area contributed by atoms with E-state index in [9.17, 15) is 0 Å². The van der Waals surface area contributed by atoms with Crippen LogP contribution in [0.1, 0.15) is 37.4 Å². The summed E-state index contributed by atoms with van der Waals surface area (Å²) in [5.74, 6) is 0. The van der Waals surface area contributed by atoms with Crippen LogP contribution in [-0.2, 0) is 10.2 Å². The van der Waals surface area contributed by atoms with E-state index in [1.165, 1.54) is 0 Å². The van der Waals surface area contributed by atoms with Crippen molar-refractivity contribution in [3.05, 3.63) is 17.5 Å². The average Bonchev–Trinajstić information content (AvgIpc) is 2.17. The second kappa shape index (κ2) is 5.83. The molecule has 0 aliphatic rings. The molecule has 0 radical (unpaired) electrons. The average molecular weight is 269 g/mol. The van der Waals surface area contributed by atoms with Gasteiger partial charge in [0.05, 0.1) is 6.20 Å². The molecule has 0 unspecified atom stereocenters. The lowest BCUT2D eigenvalue weighted by Crippen LogP contribution is -2.11. The normalized spacial score (nSPS) is 11.7. The first-order valence-electron chi connectivity index (χ1n) is 4.80. The zero-order valence-corrected chi connectivity index (χ0v) is 10.6. The monoisotopic (exact) mass is 267 g/mol. The number of nitrogens with zero attached hydrogens (tertiary/aromatic N) is 3. The molecule has 0 N–H and O–H groups in total. The first-order valence-corrected chi connectivity index (χ1v) is 5.93. The molecule has 0 bridgehead atoms. The predicted molar refractivity (Wildman–Crippen MR) is 62.3 cm³/mol. The Morgan fingerprint density at radius 3 is 2.60 bits per heavy atom. The van der Waals surface area contributed by atoms with Gasteiger partial charge in [-0.3, -0.25) is 0 Å². The second-order valence-electron chi connectivity index (χ2n) is 3.26. The lowest BCUT2D eigenvalue weighted by Gasteiger charge is -2.12. The van der Waals surface area contributed by atoms with Crippen molar-refractivity contribution in [3.63, 3.8) is 0 Å². The Hall–Kier alpha value is -0.120. The van der Waals surface area contributed by atoms with E-state index in [2.05, 4.69) is 22.3 Å². The first-order chi connectivity index (χ1) is 7.05. The summed E-state index contributed by atoms with van der Waals surface area (Å²) in [4.78, 5) is 0. The minimum Gasteiger partial charge on any atom is -0.138 e. The summed E-state index contributed by atoms with van der Waals surface area (Å²) in [6.07, 6.45) is 5.76. The van der Waals surface area contributed by atoms with Crippen molar-refractivity contribution >= 4 is 34.8 Å². The van der Waals surface area contributed by atoms with Crippen LogP contribution in [0.25, 0.3) is 0 Å². The number of alkyl halides is 3. The molecule has 6 heteroatoms. The molecule has 15 heavy (non-hydrogen) atoms. The largest absolute Gasteiger partial charge is 0.234 e. The number of rotatable bonds is 4. The Bertz CT molecular complexity index is 312. The quantitative estimate of drug-likeness (QED) is 0.620. The maximum atomic E-state index is 5.78. The molecule has 3 nitrogen and oxygen atoms in total. The third-order valence-corrected chi connectivity index (χ3v) is 2.57. The molecule has 0 fully saturated rings. The SMILES string of the molecule is CCCCCc1cnnnc1C(Cl)(Cl)Cl. The molecule has 0 spiro atoms. The Kier molecular flexibility index (Phi) is 5.03. The predicted octanol–water partition coefficient (Wildman–Crippen LogP) is 3.43. The van der Waals surface area contributed by atoms with Gasteiger partial charge in [-0.2, -0.15) is 0 Å². The highest BCUT2D eigenvalue weighted by atomic mass is 35.6. The molecule has 1 aromatic rings. The van der Waals surface area contributed by atoms with Crippen molar-refractivity contribution < 1.29 is 0 Å². The van der Waals surface area contributed by atoms with Crippen molar-refractivity contribution in [1.82, 2.24) is 15.4 Å². The van der Waals surface area contributed by atoms with Gasteiger partial charge < -0.3 is 0 Å². The van der Waals surface area contributed by atoms with Gasteiger partial charge in [-0.25, -0.2) is 0 Å². The van der Waals surface area contributed by atoms with Crippen LogP contribution in [0.2, 0.25) is 0 Å². The van der Waals surface area contributed by atoms with Crippen LogP contribution in [0.4, 0.5) is 0 Å². The van der Waals surface area contributed by atoms with Gasteiger partial charge in [0.25, 0.3) is 0 Å². The third kappa shape index (κ3) is 4.09. The van der Waals surface area contributed by atoms with Gasteiger partial charge in [-0.05, 0) is 18.1 Å². The number of hydrogen-bond acceptors (Lipinski definition) is 3. The Balaban J connectivity index is 2.78. The Labute approximate surface area is 104 Å². The van der Waals surface area contributed by atoms with Gasteiger partial charge in [0.2, 0.25) is 3.79 Å². The lowest BCUT2D eigenvalue weighted by molar-refractivity contribution is 0.695. The van der Waals surface area contributed by atoms with Gasteiger partial charge in [-0.1, -0.05) is 54.6 Å². The molecule has 0 amide bonds. The topological polar surface area (TPSA) is 38.7 Å². The van der Waals surface area contributed by atoms with E-state index in [1.807, 2.05) is 0 Å². The summed E-state index contributed by atoms with van der Waals surface area (Å²) in [7, 11) is 0. The fourth-order valence-electron chi connectivity index (χ4n) is 1.28. The highest BCUT2D eigenvalue weighted by Gasteiger charge is 2.28. The zero-order chi connectivity index (χ0) is 11.3. The molecular formula is C9H12Cl3N3. The maximum absolute atomic E-state index is 5.78. The summed E-state index contributed by atoms with van der Waals surface area (Å²) in [6.45, 7) is 2.14. The van der Waals surface area contributed by atoms with E-state index >= 15 is 0 Å². The Morgan fingerprint density at radius 1 is 1.27 bits per heavy atom. The molecule has 0 saturated heterocycles. The van der Waals surface area contributed by atoms with Crippen molar-refractivity contribution in [2.75, 3.05) is 0 Å². The smallest absolute Gasteiger partial charge is 0.138 e. The number of aromatic nitrogens is 3. The lowest BCUT2D eigenvalue weighted by atomic mass is 10.1. The highest BCUT2D eigenvalue weighted by Crippen LogP contribution is 2.38. The molecule has 0 aliphatic carbocycles. The van der Waals surface area contributed by atoms with Crippen molar-refractivity contribution in [1.29, 1.82) is 0 Å². The minimum atomic E-state index is -1.52. The van der Waals surface area contributed by atoms with Gasteiger partial charge in [0, 0.05) is 5.56 Å². The van der Waals surface area contributed by atoms with Crippen LogP contribution < -0.4 is 0 Å². The molecule has 0 aliphatic heterocycles. The van der Waals surface area contributed by atoms with E-state index in [4.69, 9.17) is 34.8 Å². The van der Waals surface area contributed by atoms with Crippen LogP contribution in [-0.4, -0.2) is 15.4 Å². The van der Waals surface area contributed by atoms with E-state index < -0.39 is 3.79 Å². The third-order valence-electron chi connectivity index (χ3n) is 2.03. The number of aryl methyl sites for hydroxylation is 1. The number of hydrogen-bond donors (Lipinski definition) is 0. The zero-order valence-electron chi connectivity index (χ0n) is 8.38. The molecule has 1 rings (SSSR count). The second-order valence-corrected chi connectivity index (χ2v) is 5.54. The highest BCUT2D eigenvalue weighted by molar-refractivity contribution is 6.66. The van der Waals surface area contributed by atoms with Crippen LogP contribution in [0.15, 0.2) is 6.20 Å². The maximum Gasteiger partial charge on any atom is 0.234 e. The summed E-state index contributed by atoms with van der Waals surface area (Å²) in [5, 5.41) is 11.0. The van der Waals surface area contributed by atoms with E-state index in [0.29, 0.717) is 5.69 Å². The van der Waals surface area contributed by atoms with E-state index in [0.717, 1.165) is 31.2 Å². The molecule has 84 valence electrons. The van der Waals surface area contributed by atoms with Crippen LogP contribution >= 0.6 is 34.8 Å². The van der Waals surface area contributed by atoms with Crippen molar-refractivity contribution in [3.8, 4) is 0 Å². The summed E-state index contributed by atoms with van der Waals surface area (Å²) in [6, 6.07) is 0. The van der Waals surface area contributed by atoms with Crippen LogP contribution in [0.5, 0.6) is 0 Å². The van der Waals surface area contributed by atoms with Crippen molar-refractivity contribution in [2.24, 2.45) is 0 Å². The molecule has 1 aromatic heterocycles. The number of unbranched alkanes of at least 4 members (excludes halogenated alkanes) is 2. The molecule has 0 atom stereocenters. The van der Waals surface area contributed by atoms with E-state index in [1.54, 1.807) is 6.20 Å². The van der Waals surface area contributed by atoms with Crippen molar-refractivity contribution in [2.45, 2.75) is 36.4 Å². The van der Waals surface area contributed by atoms with Gasteiger partial charge in [0.1, 0.15) is 5.69 Å². The fraction of sp³-hybridized carbons (Fsp3) is 0.667. The van der Waals surface area contributed by atoms with Crippen LogP contribution in [0, 0.1) is 0 Å². The van der Waals surface area contributed by atoms with Crippen LogP contribution in [0.3, 0.4) is 0 Å². The number of halogens is 3. The van der Waals surface area contributed by atoms with Gasteiger partial charge >= 0.3 is 0 Å². The summed E-state index contributed by atoms with van der Waals surface area (Å²) < 4.78 is -1.52. The molecule has 0 aromatic carbocycles. The summed E-state index contributed by atoms with van der Waals surface area (Å²) >= 11 is 17.3.